The lowest BCUT2D eigenvalue weighted by Gasteiger charge is -1.95. The van der Waals surface area contributed by atoms with Gasteiger partial charge in [-0.1, -0.05) is 6.58 Å². The molecule has 3 heteroatoms. The standard InChI is InChI=1S/C5H7BrO2/c1-3-8-5(7)4(2)6/h2-3H2,1H3. The highest BCUT2D eigenvalue weighted by Gasteiger charge is 2.00. The van der Waals surface area contributed by atoms with Gasteiger partial charge in [0.2, 0.25) is 0 Å². The van der Waals surface area contributed by atoms with E-state index < -0.39 is 5.97 Å². The van der Waals surface area contributed by atoms with Crippen molar-refractivity contribution in [1.29, 1.82) is 0 Å². The van der Waals surface area contributed by atoms with Crippen molar-refractivity contribution in [3.05, 3.63) is 11.1 Å². The van der Waals surface area contributed by atoms with Gasteiger partial charge in [0.15, 0.2) is 0 Å². The first kappa shape index (κ1) is 7.69. The summed E-state index contributed by atoms with van der Waals surface area (Å²) in [5.41, 5.74) is 0. The van der Waals surface area contributed by atoms with E-state index in [4.69, 9.17) is 0 Å². The van der Waals surface area contributed by atoms with Gasteiger partial charge >= 0.3 is 5.97 Å². The van der Waals surface area contributed by atoms with Crippen molar-refractivity contribution < 1.29 is 9.53 Å². The van der Waals surface area contributed by atoms with E-state index in [9.17, 15) is 4.79 Å². The third-order valence-electron chi connectivity index (χ3n) is 0.497. The van der Waals surface area contributed by atoms with Crippen LogP contribution in [0.3, 0.4) is 0 Å². The van der Waals surface area contributed by atoms with E-state index in [2.05, 4.69) is 27.2 Å². The fraction of sp³-hybridized carbons (Fsp3) is 0.400. The molecule has 0 aliphatic rings. The molecule has 0 rings (SSSR count). The van der Waals surface area contributed by atoms with Crippen LogP contribution in [0.4, 0.5) is 0 Å². The molecule has 8 heavy (non-hydrogen) atoms. The summed E-state index contributed by atoms with van der Waals surface area (Å²) in [5, 5.41) is 0. The number of carbonyl (C=O) groups is 1. The molecule has 0 fully saturated rings. The first-order valence-electron chi connectivity index (χ1n) is 2.20. The molecule has 0 amide bonds. The van der Waals surface area contributed by atoms with Crippen LogP contribution in [0.5, 0.6) is 0 Å². The van der Waals surface area contributed by atoms with Crippen molar-refractivity contribution >= 4 is 21.9 Å². The molecule has 0 saturated carbocycles. The third-order valence-corrected chi connectivity index (χ3v) is 0.821. The van der Waals surface area contributed by atoms with Gasteiger partial charge in [-0.05, 0) is 22.9 Å². The maximum absolute atomic E-state index is 10.4. The highest BCUT2D eigenvalue weighted by Crippen LogP contribution is 2.01. The lowest BCUT2D eigenvalue weighted by Crippen LogP contribution is -2.01. The van der Waals surface area contributed by atoms with Gasteiger partial charge < -0.3 is 4.74 Å². The Morgan fingerprint density at radius 1 is 1.88 bits per heavy atom. The predicted molar refractivity (Wildman–Crippen MR) is 34.7 cm³/mol. The van der Waals surface area contributed by atoms with Gasteiger partial charge in [0.05, 0.1) is 11.1 Å². The lowest BCUT2D eigenvalue weighted by atomic mass is 10.6. The van der Waals surface area contributed by atoms with Crippen LogP contribution in [-0.4, -0.2) is 12.6 Å². The van der Waals surface area contributed by atoms with Crippen LogP contribution in [0.1, 0.15) is 6.92 Å². The van der Waals surface area contributed by atoms with E-state index >= 15 is 0 Å². The summed E-state index contributed by atoms with van der Waals surface area (Å²) in [5.74, 6) is -0.396. The Kier molecular flexibility index (Phi) is 3.52. The van der Waals surface area contributed by atoms with Gasteiger partial charge in [-0.25, -0.2) is 4.79 Å². The number of ether oxygens (including phenoxy) is 1. The zero-order valence-electron chi connectivity index (χ0n) is 4.61. The van der Waals surface area contributed by atoms with Crippen molar-refractivity contribution in [2.75, 3.05) is 6.61 Å². The molecule has 0 bridgehead atoms. The Morgan fingerprint density at radius 2 is 2.38 bits per heavy atom. The summed E-state index contributed by atoms with van der Waals surface area (Å²) in [6.07, 6.45) is 0. The second-order valence-electron chi connectivity index (χ2n) is 1.13. The van der Waals surface area contributed by atoms with E-state index in [0.717, 1.165) is 0 Å². The minimum Gasteiger partial charge on any atom is -0.462 e. The monoisotopic (exact) mass is 178 g/mol. The summed E-state index contributed by atoms with van der Waals surface area (Å²) in [7, 11) is 0. The summed E-state index contributed by atoms with van der Waals surface area (Å²) in [6.45, 7) is 5.45. The number of carbonyl (C=O) groups excluding carboxylic acids is 1. The summed E-state index contributed by atoms with van der Waals surface area (Å²) >= 11 is 2.87. The van der Waals surface area contributed by atoms with Crippen LogP contribution < -0.4 is 0 Å². The van der Waals surface area contributed by atoms with E-state index in [1.54, 1.807) is 6.92 Å². The highest BCUT2D eigenvalue weighted by molar-refractivity contribution is 9.12. The van der Waals surface area contributed by atoms with E-state index in [-0.39, 0.29) is 4.48 Å². The molecule has 46 valence electrons. The van der Waals surface area contributed by atoms with Crippen molar-refractivity contribution in [2.45, 2.75) is 6.92 Å². The fourth-order valence-electron chi connectivity index (χ4n) is 0.209. The van der Waals surface area contributed by atoms with Crippen molar-refractivity contribution in [2.24, 2.45) is 0 Å². The molecule has 2 nitrogen and oxygen atoms in total. The smallest absolute Gasteiger partial charge is 0.344 e. The molecule has 0 aromatic heterocycles. The maximum Gasteiger partial charge on any atom is 0.344 e. The van der Waals surface area contributed by atoms with Gasteiger partial charge in [-0.15, -0.1) is 0 Å². The maximum atomic E-state index is 10.4. The second kappa shape index (κ2) is 3.66. The van der Waals surface area contributed by atoms with Crippen LogP contribution in [0, 0.1) is 0 Å². The number of hydrogen-bond donors (Lipinski definition) is 0. The molecule has 0 aromatic carbocycles. The molecule has 0 saturated heterocycles. The molecule has 0 spiro atoms. The molecule has 0 aromatic rings. The van der Waals surface area contributed by atoms with Gasteiger partial charge in [0.25, 0.3) is 0 Å². The minimum absolute atomic E-state index is 0.263. The molecular weight excluding hydrogens is 172 g/mol. The van der Waals surface area contributed by atoms with Crippen LogP contribution in [-0.2, 0) is 9.53 Å². The zero-order chi connectivity index (χ0) is 6.57. The molecule has 0 radical (unpaired) electrons. The van der Waals surface area contributed by atoms with Gasteiger partial charge in [0.1, 0.15) is 0 Å². The number of esters is 1. The van der Waals surface area contributed by atoms with Gasteiger partial charge in [-0.2, -0.15) is 0 Å². The normalized spacial score (nSPS) is 8.25. The number of halogens is 1. The van der Waals surface area contributed by atoms with Gasteiger partial charge in [0, 0.05) is 0 Å². The lowest BCUT2D eigenvalue weighted by molar-refractivity contribution is -0.137. The van der Waals surface area contributed by atoms with Crippen LogP contribution >= 0.6 is 15.9 Å². The molecule has 0 unspecified atom stereocenters. The minimum atomic E-state index is -0.396. The zero-order valence-corrected chi connectivity index (χ0v) is 6.19. The highest BCUT2D eigenvalue weighted by atomic mass is 79.9. The Bertz CT molecular complexity index is 109. The number of rotatable bonds is 2. The average Bonchev–Trinajstić information content (AvgIpc) is 1.67. The van der Waals surface area contributed by atoms with E-state index in [1.807, 2.05) is 0 Å². The molecule has 0 heterocycles. The molecule has 0 N–H and O–H groups in total. The summed E-state index contributed by atoms with van der Waals surface area (Å²) < 4.78 is 4.78. The van der Waals surface area contributed by atoms with E-state index in [0.29, 0.717) is 6.61 Å². The summed E-state index contributed by atoms with van der Waals surface area (Å²) in [6, 6.07) is 0. The Hall–Kier alpha value is -0.310. The van der Waals surface area contributed by atoms with Crippen LogP contribution in [0.2, 0.25) is 0 Å². The third kappa shape index (κ3) is 2.80. The molecular formula is C5H7BrO2. The Morgan fingerprint density at radius 3 is 2.50 bits per heavy atom. The first-order valence-corrected chi connectivity index (χ1v) is 2.99. The van der Waals surface area contributed by atoms with Crippen molar-refractivity contribution in [3.8, 4) is 0 Å². The fourth-order valence-corrected chi connectivity index (χ4v) is 0.324. The Balaban J connectivity index is 3.49. The number of hydrogen-bond acceptors (Lipinski definition) is 2. The first-order chi connectivity index (χ1) is 3.68. The van der Waals surface area contributed by atoms with Crippen LogP contribution in [0.25, 0.3) is 0 Å². The quantitative estimate of drug-likeness (QED) is 0.473. The van der Waals surface area contributed by atoms with Crippen molar-refractivity contribution in [1.82, 2.24) is 0 Å². The molecule has 0 atom stereocenters. The topological polar surface area (TPSA) is 26.3 Å². The van der Waals surface area contributed by atoms with Gasteiger partial charge in [-0.3, -0.25) is 0 Å². The summed E-state index contributed by atoms with van der Waals surface area (Å²) in [4.78, 5) is 10.4. The van der Waals surface area contributed by atoms with Crippen molar-refractivity contribution in [3.63, 3.8) is 0 Å². The molecule has 0 aliphatic heterocycles. The second-order valence-corrected chi connectivity index (χ2v) is 2.08. The SMILES string of the molecule is C=C(Br)C(=O)OCC. The molecule has 0 aliphatic carbocycles. The average molecular weight is 179 g/mol. The predicted octanol–water partition coefficient (Wildman–Crippen LogP) is 1.46. The van der Waals surface area contributed by atoms with Crippen LogP contribution in [0.15, 0.2) is 11.1 Å². The Labute approximate surface area is 56.7 Å². The van der Waals surface area contributed by atoms with E-state index in [1.165, 1.54) is 0 Å². The largest absolute Gasteiger partial charge is 0.462 e.